The normalized spacial score (nSPS) is 17.4. The van der Waals surface area contributed by atoms with E-state index >= 15 is 0 Å². The van der Waals surface area contributed by atoms with Crippen LogP contribution in [0.3, 0.4) is 0 Å². The van der Waals surface area contributed by atoms with Crippen LogP contribution in [0, 0.1) is 0 Å². The van der Waals surface area contributed by atoms with Crippen molar-refractivity contribution in [1.29, 1.82) is 0 Å². The van der Waals surface area contributed by atoms with Gasteiger partial charge in [0.05, 0.1) is 34.7 Å². The summed E-state index contributed by atoms with van der Waals surface area (Å²) >= 11 is 1.55. The molecule has 3 heterocycles. The van der Waals surface area contributed by atoms with Crippen LogP contribution in [0.1, 0.15) is 29.2 Å². The third kappa shape index (κ3) is 4.45. The number of methoxy groups -OCH3 is 1. The van der Waals surface area contributed by atoms with Crippen molar-refractivity contribution >= 4 is 40.3 Å². The van der Waals surface area contributed by atoms with Gasteiger partial charge in [0, 0.05) is 30.0 Å². The first-order chi connectivity index (χ1) is 17.4. The molecule has 2 aliphatic heterocycles. The standard InChI is InChI=1S/C26H25N3O6S/c1-14(25(31)17-5-6-21-18(10-17)27-23(30)12-34-21)29-20-11-16(4-7-22(20)35-15(2)26(29)32)19-13-36-24(28-19)8-9-33-3/h4-7,10-11,13-15H,8-9,12H2,1-3H3,(H,27,30). The molecule has 3 aromatic rings. The van der Waals surface area contributed by atoms with Gasteiger partial charge in [0.15, 0.2) is 18.5 Å². The van der Waals surface area contributed by atoms with Gasteiger partial charge in [-0.2, -0.15) is 0 Å². The van der Waals surface area contributed by atoms with Crippen molar-refractivity contribution < 1.29 is 28.6 Å². The summed E-state index contributed by atoms with van der Waals surface area (Å²) in [4.78, 5) is 44.7. The minimum Gasteiger partial charge on any atom is -0.482 e. The lowest BCUT2D eigenvalue weighted by Gasteiger charge is -2.36. The third-order valence-electron chi connectivity index (χ3n) is 6.14. The summed E-state index contributed by atoms with van der Waals surface area (Å²) < 4.78 is 16.4. The molecule has 0 fully saturated rings. The van der Waals surface area contributed by atoms with Crippen LogP contribution in [0.25, 0.3) is 11.3 Å². The summed E-state index contributed by atoms with van der Waals surface area (Å²) in [5.41, 5.74) is 2.90. The summed E-state index contributed by atoms with van der Waals surface area (Å²) in [7, 11) is 1.65. The van der Waals surface area contributed by atoms with Gasteiger partial charge in [-0.15, -0.1) is 11.3 Å². The average molecular weight is 508 g/mol. The van der Waals surface area contributed by atoms with Crippen LogP contribution in [0.15, 0.2) is 41.8 Å². The molecule has 10 heteroatoms. The molecule has 2 amide bonds. The summed E-state index contributed by atoms with van der Waals surface area (Å²) in [6, 6.07) is 9.58. The highest BCUT2D eigenvalue weighted by molar-refractivity contribution is 7.09. The van der Waals surface area contributed by atoms with Crippen molar-refractivity contribution in [3.63, 3.8) is 0 Å². The van der Waals surface area contributed by atoms with Gasteiger partial charge in [-0.3, -0.25) is 19.3 Å². The lowest BCUT2D eigenvalue weighted by atomic mass is 10.00. The highest BCUT2D eigenvalue weighted by Gasteiger charge is 2.38. The Morgan fingerprint density at radius 2 is 2.06 bits per heavy atom. The first-order valence-electron chi connectivity index (χ1n) is 11.5. The molecule has 0 bridgehead atoms. The second-order valence-electron chi connectivity index (χ2n) is 8.61. The minimum atomic E-state index is -0.816. The first kappa shape index (κ1) is 24.0. The number of thiazole rings is 1. The van der Waals surface area contributed by atoms with Gasteiger partial charge in [-0.1, -0.05) is 0 Å². The van der Waals surface area contributed by atoms with Crippen molar-refractivity contribution in [2.24, 2.45) is 0 Å². The highest BCUT2D eigenvalue weighted by Crippen LogP contribution is 2.39. The molecule has 36 heavy (non-hydrogen) atoms. The fourth-order valence-corrected chi connectivity index (χ4v) is 5.05. The molecule has 2 atom stereocenters. The van der Waals surface area contributed by atoms with E-state index in [1.54, 1.807) is 56.6 Å². The summed E-state index contributed by atoms with van der Waals surface area (Å²) in [5.74, 6) is 0.150. The van der Waals surface area contributed by atoms with E-state index in [4.69, 9.17) is 14.2 Å². The Morgan fingerprint density at radius 1 is 1.25 bits per heavy atom. The van der Waals surface area contributed by atoms with Gasteiger partial charge < -0.3 is 19.5 Å². The van der Waals surface area contributed by atoms with E-state index in [9.17, 15) is 14.4 Å². The molecule has 9 nitrogen and oxygen atoms in total. The number of nitrogens with one attached hydrogen (secondary N) is 1. The second-order valence-corrected chi connectivity index (χ2v) is 9.55. The molecule has 0 radical (unpaired) electrons. The zero-order chi connectivity index (χ0) is 25.4. The van der Waals surface area contributed by atoms with Gasteiger partial charge in [0.2, 0.25) is 0 Å². The van der Waals surface area contributed by atoms with Crippen molar-refractivity contribution in [2.75, 3.05) is 30.5 Å². The number of carbonyl (C=O) groups is 3. The maximum atomic E-state index is 13.5. The molecule has 186 valence electrons. The van der Waals surface area contributed by atoms with Crippen LogP contribution in [0.5, 0.6) is 11.5 Å². The predicted molar refractivity (Wildman–Crippen MR) is 135 cm³/mol. The van der Waals surface area contributed by atoms with Crippen molar-refractivity contribution in [1.82, 2.24) is 4.98 Å². The van der Waals surface area contributed by atoms with Gasteiger partial charge in [-0.25, -0.2) is 4.98 Å². The number of ether oxygens (including phenoxy) is 3. The number of Topliss-reactive ketones (excluding diaryl/α,β-unsaturated/α-hetero) is 1. The van der Waals surface area contributed by atoms with Crippen LogP contribution in [-0.4, -0.2) is 55.1 Å². The van der Waals surface area contributed by atoms with Gasteiger partial charge >= 0.3 is 0 Å². The third-order valence-corrected chi connectivity index (χ3v) is 7.05. The predicted octanol–water partition coefficient (Wildman–Crippen LogP) is 3.72. The fraction of sp³-hybridized carbons (Fsp3) is 0.308. The lowest BCUT2D eigenvalue weighted by Crippen LogP contribution is -2.51. The number of rotatable bonds is 7. The van der Waals surface area contributed by atoms with Gasteiger partial charge in [0.25, 0.3) is 11.8 Å². The molecule has 0 aliphatic carbocycles. The lowest BCUT2D eigenvalue weighted by molar-refractivity contribution is -0.125. The topological polar surface area (TPSA) is 107 Å². The van der Waals surface area contributed by atoms with Crippen molar-refractivity contribution in [3.8, 4) is 22.8 Å². The number of benzene rings is 2. The van der Waals surface area contributed by atoms with Crippen LogP contribution in [0.2, 0.25) is 0 Å². The Morgan fingerprint density at radius 3 is 2.86 bits per heavy atom. The zero-order valence-electron chi connectivity index (χ0n) is 20.1. The van der Waals surface area contributed by atoms with E-state index in [1.807, 2.05) is 17.5 Å². The Balaban J connectivity index is 1.47. The minimum absolute atomic E-state index is 0.0666. The van der Waals surface area contributed by atoms with Crippen LogP contribution < -0.4 is 19.7 Å². The fourth-order valence-electron chi connectivity index (χ4n) is 4.26. The molecular weight excluding hydrogens is 482 g/mol. The summed E-state index contributed by atoms with van der Waals surface area (Å²) in [6.45, 7) is 3.87. The number of aromatic nitrogens is 1. The first-order valence-corrected chi connectivity index (χ1v) is 12.4. The van der Waals surface area contributed by atoms with Crippen LogP contribution in [0.4, 0.5) is 11.4 Å². The largest absolute Gasteiger partial charge is 0.482 e. The molecule has 0 saturated heterocycles. The molecule has 0 spiro atoms. The number of anilines is 2. The van der Waals surface area contributed by atoms with E-state index in [2.05, 4.69) is 10.3 Å². The van der Waals surface area contributed by atoms with E-state index in [1.165, 1.54) is 4.90 Å². The van der Waals surface area contributed by atoms with Crippen molar-refractivity contribution in [3.05, 3.63) is 52.3 Å². The number of hydrogen-bond acceptors (Lipinski definition) is 8. The molecule has 1 N–H and O–H groups in total. The number of hydrogen-bond donors (Lipinski definition) is 1. The molecule has 2 unspecified atom stereocenters. The van der Waals surface area contributed by atoms with E-state index in [-0.39, 0.29) is 24.2 Å². The smallest absolute Gasteiger partial charge is 0.268 e. The Hall–Kier alpha value is -3.76. The Kier molecular flexibility index (Phi) is 6.46. The van der Waals surface area contributed by atoms with E-state index in [0.29, 0.717) is 35.0 Å². The molecule has 5 rings (SSSR count). The van der Waals surface area contributed by atoms with Crippen LogP contribution >= 0.6 is 11.3 Å². The number of carbonyl (C=O) groups excluding carboxylic acids is 3. The molecule has 0 saturated carbocycles. The quantitative estimate of drug-likeness (QED) is 0.486. The Bertz CT molecular complexity index is 1350. The average Bonchev–Trinajstić information content (AvgIpc) is 3.36. The monoisotopic (exact) mass is 507 g/mol. The van der Waals surface area contributed by atoms with Gasteiger partial charge in [-0.05, 0) is 50.2 Å². The van der Waals surface area contributed by atoms with Crippen molar-refractivity contribution in [2.45, 2.75) is 32.4 Å². The number of ketones is 1. The zero-order valence-corrected chi connectivity index (χ0v) is 20.9. The molecule has 2 aliphatic rings. The molecule has 1 aromatic heterocycles. The Labute approximate surface area is 212 Å². The number of amides is 2. The van der Waals surface area contributed by atoms with Crippen LogP contribution in [-0.2, 0) is 20.7 Å². The summed E-state index contributed by atoms with van der Waals surface area (Å²) in [6.07, 6.45) is -0.0236. The SMILES string of the molecule is COCCc1nc(-c2ccc3c(c2)N(C(C)C(=O)c2ccc4c(c2)NC(=O)CO4)C(=O)C(C)O3)cs1. The van der Waals surface area contributed by atoms with Gasteiger partial charge in [0.1, 0.15) is 11.5 Å². The van der Waals surface area contributed by atoms with E-state index in [0.717, 1.165) is 22.7 Å². The maximum Gasteiger partial charge on any atom is 0.268 e. The number of nitrogens with zero attached hydrogens (tertiary/aromatic N) is 2. The maximum absolute atomic E-state index is 13.5. The van der Waals surface area contributed by atoms with E-state index < -0.39 is 12.1 Å². The number of fused-ring (bicyclic) bond motifs is 2. The summed E-state index contributed by atoms with van der Waals surface area (Å²) in [5, 5.41) is 5.63. The molecule has 2 aromatic carbocycles. The highest BCUT2D eigenvalue weighted by atomic mass is 32.1. The second kappa shape index (κ2) is 9.71. The molecular formula is C26H25N3O6S.